The van der Waals surface area contributed by atoms with Crippen LogP contribution in [-0.4, -0.2) is 30.4 Å². The SMILES string of the molecule is COc1cc2c(cc1OCc1cc(CO)c(C)c(I)c1I)N=C[C@@H]1Cc3ccccc3N1C2=O. The Bertz CT molecular complexity index is 1340. The lowest BCUT2D eigenvalue weighted by Crippen LogP contribution is -2.37. The van der Waals surface area contributed by atoms with Crippen molar-refractivity contribution in [1.29, 1.82) is 0 Å². The number of hydrogen-bond donors (Lipinski definition) is 1. The summed E-state index contributed by atoms with van der Waals surface area (Å²) >= 11 is 4.61. The van der Waals surface area contributed by atoms with Gasteiger partial charge < -0.3 is 14.6 Å². The van der Waals surface area contributed by atoms with Crippen molar-refractivity contribution in [2.24, 2.45) is 4.99 Å². The van der Waals surface area contributed by atoms with Gasteiger partial charge in [-0.2, -0.15) is 0 Å². The fourth-order valence-electron chi connectivity index (χ4n) is 4.44. The summed E-state index contributed by atoms with van der Waals surface area (Å²) in [6, 6.07) is 13.3. The first kappa shape index (κ1) is 23.6. The van der Waals surface area contributed by atoms with Gasteiger partial charge in [-0.15, -0.1) is 0 Å². The van der Waals surface area contributed by atoms with Gasteiger partial charge in [-0.3, -0.25) is 14.7 Å². The van der Waals surface area contributed by atoms with E-state index < -0.39 is 0 Å². The zero-order valence-corrected chi connectivity index (χ0v) is 23.0. The fraction of sp³-hybridized carbons (Fsp3) is 0.231. The standard InChI is InChI=1S/C26H22I2N2O4/c1-14-16(12-31)7-17(25(28)24(14)27)13-34-23-10-20-19(9-22(23)33-2)26(32)30-18(11-29-20)8-15-5-3-4-6-21(15)30/h3-7,9-11,18,31H,8,12-13H2,1-2H3/t18-/m0/s1. The molecule has 0 saturated carbocycles. The third kappa shape index (κ3) is 3.99. The fourth-order valence-corrected chi connectivity index (χ4v) is 5.85. The van der Waals surface area contributed by atoms with Crippen molar-refractivity contribution in [3.63, 3.8) is 0 Å². The predicted octanol–water partition coefficient (Wildman–Crippen LogP) is 5.57. The van der Waals surface area contributed by atoms with Crippen LogP contribution in [0.4, 0.5) is 11.4 Å². The van der Waals surface area contributed by atoms with Crippen LogP contribution in [-0.2, 0) is 19.6 Å². The number of anilines is 1. The highest BCUT2D eigenvalue weighted by molar-refractivity contribution is 14.1. The average Bonchev–Trinajstić information content (AvgIpc) is 3.17. The van der Waals surface area contributed by atoms with Crippen molar-refractivity contribution in [1.82, 2.24) is 0 Å². The van der Waals surface area contributed by atoms with Crippen LogP contribution in [0.1, 0.15) is 32.6 Å². The van der Waals surface area contributed by atoms with Crippen LogP contribution in [0.2, 0.25) is 0 Å². The van der Waals surface area contributed by atoms with Crippen LogP contribution in [0.3, 0.4) is 0 Å². The molecule has 0 saturated heterocycles. The van der Waals surface area contributed by atoms with Crippen molar-refractivity contribution in [3.05, 3.63) is 77.4 Å². The summed E-state index contributed by atoms with van der Waals surface area (Å²) in [5.74, 6) is 0.903. The van der Waals surface area contributed by atoms with Gasteiger partial charge in [0, 0.05) is 37.1 Å². The van der Waals surface area contributed by atoms with Crippen LogP contribution < -0.4 is 14.4 Å². The maximum absolute atomic E-state index is 13.5. The monoisotopic (exact) mass is 680 g/mol. The number of benzene rings is 3. The Morgan fingerprint density at radius 3 is 2.68 bits per heavy atom. The van der Waals surface area contributed by atoms with E-state index in [-0.39, 0.29) is 18.6 Å². The number of amides is 1. The molecule has 0 aromatic heterocycles. The summed E-state index contributed by atoms with van der Waals surface area (Å²) in [5.41, 5.74) is 6.07. The molecule has 0 fully saturated rings. The van der Waals surface area contributed by atoms with E-state index in [0.29, 0.717) is 29.4 Å². The van der Waals surface area contributed by atoms with E-state index in [4.69, 9.17) is 9.47 Å². The quantitative estimate of drug-likeness (QED) is 0.358. The zero-order valence-electron chi connectivity index (χ0n) is 18.6. The molecule has 3 aromatic carbocycles. The highest BCUT2D eigenvalue weighted by atomic mass is 127. The number of carbonyl (C=O) groups is 1. The highest BCUT2D eigenvalue weighted by Crippen LogP contribution is 2.41. The molecule has 0 aliphatic carbocycles. The first-order valence-electron chi connectivity index (χ1n) is 10.8. The summed E-state index contributed by atoms with van der Waals surface area (Å²) in [5, 5.41) is 9.72. The smallest absolute Gasteiger partial charge is 0.261 e. The van der Waals surface area contributed by atoms with Gasteiger partial charge in [0.25, 0.3) is 5.91 Å². The molecule has 2 aliphatic heterocycles. The van der Waals surface area contributed by atoms with Gasteiger partial charge >= 0.3 is 0 Å². The minimum Gasteiger partial charge on any atom is -0.493 e. The number of aliphatic hydroxyl groups is 1. The average molecular weight is 680 g/mol. The second kappa shape index (κ2) is 9.46. The molecule has 0 bridgehead atoms. The van der Waals surface area contributed by atoms with Gasteiger partial charge in [-0.1, -0.05) is 18.2 Å². The highest BCUT2D eigenvalue weighted by Gasteiger charge is 2.36. The van der Waals surface area contributed by atoms with Gasteiger partial charge in [0.15, 0.2) is 11.5 Å². The normalized spacial score (nSPS) is 16.1. The number of hydrogen-bond acceptors (Lipinski definition) is 5. The number of rotatable bonds is 5. The molecular weight excluding hydrogens is 658 g/mol. The molecule has 1 N–H and O–H groups in total. The summed E-state index contributed by atoms with van der Waals surface area (Å²) in [7, 11) is 1.56. The van der Waals surface area contributed by atoms with Gasteiger partial charge in [0.2, 0.25) is 0 Å². The van der Waals surface area contributed by atoms with Crippen molar-refractivity contribution in [2.45, 2.75) is 32.6 Å². The summed E-state index contributed by atoms with van der Waals surface area (Å²) in [4.78, 5) is 20.0. The van der Waals surface area contributed by atoms with Crippen molar-refractivity contribution in [3.8, 4) is 11.5 Å². The molecule has 3 aromatic rings. The number of halogens is 2. The third-order valence-corrected chi connectivity index (χ3v) is 9.93. The van der Waals surface area contributed by atoms with Crippen molar-refractivity contribution >= 4 is 68.7 Å². The van der Waals surface area contributed by atoms with Gasteiger partial charge in [0.1, 0.15) is 6.61 Å². The molecule has 1 atom stereocenters. The first-order chi connectivity index (χ1) is 16.4. The molecule has 0 unspecified atom stereocenters. The lowest BCUT2D eigenvalue weighted by Gasteiger charge is -2.22. The molecule has 1 amide bonds. The van der Waals surface area contributed by atoms with E-state index in [1.54, 1.807) is 19.2 Å². The Hall–Kier alpha value is -2.18. The largest absolute Gasteiger partial charge is 0.493 e. The van der Waals surface area contributed by atoms with Crippen LogP contribution in [0, 0.1) is 14.1 Å². The predicted molar refractivity (Wildman–Crippen MR) is 149 cm³/mol. The van der Waals surface area contributed by atoms with Gasteiger partial charge in [-0.25, -0.2) is 0 Å². The van der Waals surface area contributed by atoms with Crippen molar-refractivity contribution < 1.29 is 19.4 Å². The summed E-state index contributed by atoms with van der Waals surface area (Å²) in [6.45, 7) is 2.29. The number of methoxy groups -OCH3 is 1. The Balaban J connectivity index is 1.48. The minimum absolute atomic E-state index is 0.0223. The number of para-hydroxylation sites is 1. The Labute approximate surface area is 225 Å². The van der Waals surface area contributed by atoms with Crippen LogP contribution in [0.15, 0.2) is 47.5 Å². The first-order valence-corrected chi connectivity index (χ1v) is 13.0. The molecule has 5 rings (SSSR count). The van der Waals surface area contributed by atoms with Crippen LogP contribution in [0.25, 0.3) is 0 Å². The number of aliphatic imine (C=N–C) groups is 1. The summed E-state index contributed by atoms with van der Waals surface area (Å²) in [6.07, 6.45) is 2.59. The van der Waals surface area contributed by atoms with E-state index in [1.165, 1.54) is 0 Å². The van der Waals surface area contributed by atoms with E-state index in [2.05, 4.69) is 56.2 Å². The molecule has 0 radical (unpaired) electrons. The van der Waals surface area contributed by atoms with Gasteiger partial charge in [0.05, 0.1) is 31.0 Å². The third-order valence-electron chi connectivity index (χ3n) is 6.32. The molecule has 2 heterocycles. The Morgan fingerprint density at radius 2 is 1.91 bits per heavy atom. The number of nitrogens with zero attached hydrogens (tertiary/aromatic N) is 2. The number of ether oxygens (including phenoxy) is 2. The molecule has 0 spiro atoms. The second-order valence-electron chi connectivity index (χ2n) is 8.27. The minimum atomic E-state index is -0.110. The molecule has 6 nitrogen and oxygen atoms in total. The maximum Gasteiger partial charge on any atom is 0.261 e. The van der Waals surface area contributed by atoms with E-state index >= 15 is 0 Å². The molecular formula is C26H22I2N2O4. The lowest BCUT2D eigenvalue weighted by molar-refractivity contribution is 0.0986. The van der Waals surface area contributed by atoms with Gasteiger partial charge in [-0.05, 0) is 87.0 Å². The zero-order chi connectivity index (χ0) is 24.0. The molecule has 8 heteroatoms. The Morgan fingerprint density at radius 1 is 1.12 bits per heavy atom. The number of carbonyl (C=O) groups excluding carboxylic acids is 1. The molecule has 174 valence electrons. The maximum atomic E-state index is 13.5. The van der Waals surface area contributed by atoms with Crippen LogP contribution >= 0.6 is 45.2 Å². The van der Waals surface area contributed by atoms with E-state index in [9.17, 15) is 9.90 Å². The molecule has 34 heavy (non-hydrogen) atoms. The number of fused-ring (bicyclic) bond motifs is 4. The van der Waals surface area contributed by atoms with E-state index in [1.807, 2.05) is 42.3 Å². The topological polar surface area (TPSA) is 71.4 Å². The van der Waals surface area contributed by atoms with E-state index in [0.717, 1.165) is 41.5 Å². The van der Waals surface area contributed by atoms with Crippen molar-refractivity contribution in [2.75, 3.05) is 12.0 Å². The lowest BCUT2D eigenvalue weighted by atomic mass is 10.1. The summed E-state index contributed by atoms with van der Waals surface area (Å²) < 4.78 is 14.0. The molecule has 2 aliphatic rings. The number of aliphatic hydroxyl groups excluding tert-OH is 1. The Kier molecular flexibility index (Phi) is 6.56. The second-order valence-corrected chi connectivity index (χ2v) is 10.4. The van der Waals surface area contributed by atoms with Crippen LogP contribution in [0.5, 0.6) is 11.5 Å².